The van der Waals surface area contributed by atoms with Gasteiger partial charge in [0, 0.05) is 6.61 Å². The Morgan fingerprint density at radius 1 is 1.47 bits per heavy atom. The van der Waals surface area contributed by atoms with Gasteiger partial charge >= 0.3 is 0 Å². The third kappa shape index (κ3) is 6.44. The highest BCUT2D eigenvalue weighted by atomic mass is 32.2. The van der Waals surface area contributed by atoms with E-state index in [1.165, 1.54) is 0 Å². The zero-order chi connectivity index (χ0) is 11.9. The molecular formula is C9H18N2O3S. The topological polar surface area (TPSA) is 79.2 Å². The van der Waals surface area contributed by atoms with Gasteiger partial charge in [0.25, 0.3) is 0 Å². The third-order valence-electron chi connectivity index (χ3n) is 1.81. The fourth-order valence-corrected chi connectivity index (χ4v) is 2.04. The van der Waals surface area contributed by atoms with E-state index in [1.54, 1.807) is 20.8 Å². The van der Waals surface area contributed by atoms with Crippen molar-refractivity contribution in [3.05, 3.63) is 0 Å². The van der Waals surface area contributed by atoms with Crippen LogP contribution in [0.3, 0.4) is 0 Å². The minimum absolute atomic E-state index is 0.0446. The maximum Gasteiger partial charge on any atom is 0.215 e. The summed E-state index contributed by atoms with van der Waals surface area (Å²) >= 11 is 0. The van der Waals surface area contributed by atoms with E-state index in [9.17, 15) is 8.42 Å². The van der Waals surface area contributed by atoms with Crippen LogP contribution in [-0.2, 0) is 14.8 Å². The van der Waals surface area contributed by atoms with Gasteiger partial charge < -0.3 is 4.74 Å². The first-order valence-electron chi connectivity index (χ1n) is 4.90. The predicted octanol–water partition coefficient (Wildman–Crippen LogP) is 0.490. The monoisotopic (exact) mass is 234 g/mol. The number of rotatable bonds is 7. The summed E-state index contributed by atoms with van der Waals surface area (Å²) in [5.74, 6) is -0.150. The molecule has 0 rings (SSSR count). The first-order chi connectivity index (χ1) is 6.93. The molecule has 1 N–H and O–H groups in total. The summed E-state index contributed by atoms with van der Waals surface area (Å²) in [5, 5.41) is 8.72. The van der Waals surface area contributed by atoms with Crippen LogP contribution in [0.15, 0.2) is 0 Å². The average molecular weight is 234 g/mol. The van der Waals surface area contributed by atoms with Crippen molar-refractivity contribution in [1.29, 1.82) is 5.26 Å². The molecule has 0 fully saturated rings. The lowest BCUT2D eigenvalue weighted by Crippen LogP contribution is -2.39. The van der Waals surface area contributed by atoms with E-state index in [2.05, 4.69) is 4.72 Å². The van der Waals surface area contributed by atoms with Crippen LogP contribution in [0.2, 0.25) is 0 Å². The molecule has 0 aliphatic carbocycles. The first-order valence-corrected chi connectivity index (χ1v) is 6.55. The maximum absolute atomic E-state index is 11.4. The van der Waals surface area contributed by atoms with Gasteiger partial charge in [0.15, 0.2) is 0 Å². The van der Waals surface area contributed by atoms with E-state index in [1.807, 2.05) is 6.07 Å². The molecule has 0 aromatic carbocycles. The van der Waals surface area contributed by atoms with Gasteiger partial charge in [0.2, 0.25) is 10.0 Å². The predicted molar refractivity (Wildman–Crippen MR) is 57.7 cm³/mol. The van der Waals surface area contributed by atoms with Crippen LogP contribution in [0.25, 0.3) is 0 Å². The second kappa shape index (κ2) is 6.77. The van der Waals surface area contributed by atoms with E-state index in [-0.39, 0.29) is 18.3 Å². The number of nitrogens with one attached hydrogen (secondary N) is 1. The van der Waals surface area contributed by atoms with E-state index in [0.29, 0.717) is 6.61 Å². The van der Waals surface area contributed by atoms with Gasteiger partial charge in [0.05, 0.1) is 18.4 Å². The van der Waals surface area contributed by atoms with Crippen molar-refractivity contribution in [2.75, 3.05) is 19.0 Å². The Bertz CT molecular complexity index is 306. The number of nitrogens with zero attached hydrogens (tertiary/aromatic N) is 1. The molecule has 15 heavy (non-hydrogen) atoms. The summed E-state index contributed by atoms with van der Waals surface area (Å²) < 4.78 is 30.1. The number of nitriles is 1. The van der Waals surface area contributed by atoms with E-state index in [4.69, 9.17) is 10.00 Å². The standard InChI is InChI=1S/C9H18N2O3S/c1-4-14-5-6-15(12,13)11-9(7-10)8(2)3/h8-9,11H,4-6H2,1-3H3. The van der Waals surface area contributed by atoms with Crippen LogP contribution < -0.4 is 4.72 Å². The van der Waals surface area contributed by atoms with Crippen LogP contribution in [0.4, 0.5) is 0 Å². The molecule has 6 heteroatoms. The summed E-state index contributed by atoms with van der Waals surface area (Å²) in [6, 6.07) is 1.25. The van der Waals surface area contributed by atoms with Crippen molar-refractivity contribution in [2.24, 2.45) is 5.92 Å². The molecule has 0 aromatic rings. The molecule has 1 unspecified atom stereocenters. The molecule has 0 saturated carbocycles. The molecule has 0 aliphatic rings. The summed E-state index contributed by atoms with van der Waals surface area (Å²) in [5.41, 5.74) is 0. The normalized spacial score (nSPS) is 13.8. The summed E-state index contributed by atoms with van der Waals surface area (Å²) in [6.07, 6.45) is 0. The van der Waals surface area contributed by atoms with Gasteiger partial charge in [-0.15, -0.1) is 0 Å². The van der Waals surface area contributed by atoms with Gasteiger partial charge in [-0.2, -0.15) is 9.98 Å². The molecule has 0 heterocycles. The molecule has 0 aliphatic heterocycles. The SMILES string of the molecule is CCOCCS(=O)(=O)NC(C#N)C(C)C. The van der Waals surface area contributed by atoms with Crippen LogP contribution in [0.5, 0.6) is 0 Å². The second-order valence-electron chi connectivity index (χ2n) is 3.48. The van der Waals surface area contributed by atoms with Gasteiger partial charge in [-0.25, -0.2) is 8.42 Å². The summed E-state index contributed by atoms with van der Waals surface area (Å²) in [7, 11) is -3.41. The minimum atomic E-state index is -3.41. The molecule has 0 bridgehead atoms. The third-order valence-corrected chi connectivity index (χ3v) is 3.13. The fourth-order valence-electron chi connectivity index (χ4n) is 0.877. The molecule has 1 atom stereocenters. The number of hydrogen-bond donors (Lipinski definition) is 1. The first kappa shape index (κ1) is 14.4. The van der Waals surface area contributed by atoms with Gasteiger partial charge in [0.1, 0.15) is 6.04 Å². The van der Waals surface area contributed by atoms with Crippen molar-refractivity contribution in [2.45, 2.75) is 26.8 Å². The molecule has 88 valence electrons. The van der Waals surface area contributed by atoms with E-state index < -0.39 is 16.1 Å². The van der Waals surface area contributed by atoms with Crippen LogP contribution in [0, 0.1) is 17.2 Å². The summed E-state index contributed by atoms with van der Waals surface area (Å²) in [6.45, 7) is 6.02. The lowest BCUT2D eigenvalue weighted by atomic mass is 10.1. The van der Waals surface area contributed by atoms with E-state index >= 15 is 0 Å². The number of sulfonamides is 1. The fraction of sp³-hybridized carbons (Fsp3) is 0.889. The van der Waals surface area contributed by atoms with Gasteiger partial charge in [-0.3, -0.25) is 0 Å². The van der Waals surface area contributed by atoms with Crippen LogP contribution >= 0.6 is 0 Å². The molecule has 0 saturated heterocycles. The Morgan fingerprint density at radius 2 is 2.07 bits per heavy atom. The molecule has 0 radical (unpaired) electrons. The largest absolute Gasteiger partial charge is 0.381 e. The van der Waals surface area contributed by atoms with Crippen molar-refractivity contribution in [3.8, 4) is 6.07 Å². The second-order valence-corrected chi connectivity index (χ2v) is 5.36. The Hall–Kier alpha value is -0.640. The maximum atomic E-state index is 11.4. The highest BCUT2D eigenvalue weighted by molar-refractivity contribution is 7.89. The zero-order valence-electron chi connectivity index (χ0n) is 9.36. The smallest absolute Gasteiger partial charge is 0.215 e. The zero-order valence-corrected chi connectivity index (χ0v) is 10.2. The minimum Gasteiger partial charge on any atom is -0.381 e. The number of hydrogen-bond acceptors (Lipinski definition) is 4. The van der Waals surface area contributed by atoms with E-state index in [0.717, 1.165) is 0 Å². The van der Waals surface area contributed by atoms with Crippen LogP contribution in [-0.4, -0.2) is 33.4 Å². The molecular weight excluding hydrogens is 216 g/mol. The molecule has 0 aromatic heterocycles. The molecule has 5 nitrogen and oxygen atoms in total. The highest BCUT2D eigenvalue weighted by Gasteiger charge is 2.19. The molecule has 0 spiro atoms. The quantitative estimate of drug-likeness (QED) is 0.650. The van der Waals surface area contributed by atoms with Crippen molar-refractivity contribution in [1.82, 2.24) is 4.72 Å². The Kier molecular flexibility index (Phi) is 6.48. The Labute approximate surface area is 91.5 Å². The van der Waals surface area contributed by atoms with Crippen molar-refractivity contribution >= 4 is 10.0 Å². The molecule has 0 amide bonds. The summed E-state index contributed by atoms with van der Waals surface area (Å²) in [4.78, 5) is 0. The lowest BCUT2D eigenvalue weighted by molar-refractivity contribution is 0.163. The average Bonchev–Trinajstić information content (AvgIpc) is 2.14. The Morgan fingerprint density at radius 3 is 2.47 bits per heavy atom. The lowest BCUT2D eigenvalue weighted by Gasteiger charge is -2.14. The highest BCUT2D eigenvalue weighted by Crippen LogP contribution is 2.02. The number of ether oxygens (including phenoxy) is 1. The Balaban J connectivity index is 4.19. The van der Waals surface area contributed by atoms with Gasteiger partial charge in [-0.05, 0) is 12.8 Å². The van der Waals surface area contributed by atoms with Crippen molar-refractivity contribution in [3.63, 3.8) is 0 Å². The van der Waals surface area contributed by atoms with Crippen LogP contribution in [0.1, 0.15) is 20.8 Å². The van der Waals surface area contributed by atoms with Gasteiger partial charge in [-0.1, -0.05) is 13.8 Å². The van der Waals surface area contributed by atoms with Crippen molar-refractivity contribution < 1.29 is 13.2 Å².